The van der Waals surface area contributed by atoms with Crippen molar-refractivity contribution in [2.45, 2.75) is 32.1 Å². The summed E-state index contributed by atoms with van der Waals surface area (Å²) in [5.41, 5.74) is 1.75. The number of aryl methyl sites for hydroxylation is 1. The van der Waals surface area contributed by atoms with E-state index >= 15 is 0 Å². The normalized spacial score (nSPS) is 10.2. The van der Waals surface area contributed by atoms with Gasteiger partial charge in [0, 0.05) is 5.33 Å². The maximum atomic E-state index is 11.3. The van der Waals surface area contributed by atoms with Crippen molar-refractivity contribution >= 4 is 21.9 Å². The lowest BCUT2D eigenvalue weighted by Gasteiger charge is -2.04. The minimum Gasteiger partial charge on any atom is -0.465 e. The number of alkyl halides is 1. The smallest absolute Gasteiger partial charge is 0.337 e. The molecule has 1 aromatic carbocycles. The lowest BCUT2D eigenvalue weighted by atomic mass is 10.0. The summed E-state index contributed by atoms with van der Waals surface area (Å²) in [6.45, 7) is 0. The van der Waals surface area contributed by atoms with E-state index < -0.39 is 0 Å². The van der Waals surface area contributed by atoms with Gasteiger partial charge in [-0.15, -0.1) is 0 Å². The van der Waals surface area contributed by atoms with Gasteiger partial charge >= 0.3 is 5.97 Å². The first-order valence-electron chi connectivity index (χ1n) is 5.92. The number of carbonyl (C=O) groups excluding carboxylic acids is 1. The molecule has 93 valence electrons. The van der Waals surface area contributed by atoms with E-state index in [1.807, 2.05) is 12.1 Å². The second kappa shape index (κ2) is 8.29. The summed E-state index contributed by atoms with van der Waals surface area (Å²) in [7, 11) is 1.40. The van der Waals surface area contributed by atoms with Gasteiger partial charge in [0.1, 0.15) is 0 Å². The highest BCUT2D eigenvalue weighted by Crippen LogP contribution is 2.11. The molecule has 1 radical (unpaired) electrons. The second-order valence-corrected chi connectivity index (χ2v) is 4.77. The molecule has 0 saturated heterocycles. The molecule has 1 rings (SSSR count). The van der Waals surface area contributed by atoms with E-state index in [-0.39, 0.29) is 5.97 Å². The Kier molecular flexibility index (Phi) is 6.94. The minimum absolute atomic E-state index is 0.289. The van der Waals surface area contributed by atoms with Crippen molar-refractivity contribution in [1.82, 2.24) is 0 Å². The van der Waals surface area contributed by atoms with Crippen LogP contribution >= 0.6 is 15.9 Å². The number of rotatable bonds is 7. The molecular weight excluding hydrogens is 280 g/mol. The molecule has 0 bridgehead atoms. The summed E-state index contributed by atoms with van der Waals surface area (Å²) >= 11 is 3.42. The van der Waals surface area contributed by atoms with E-state index in [9.17, 15) is 4.79 Å². The Bertz CT molecular complexity index is 350. The van der Waals surface area contributed by atoms with E-state index in [4.69, 9.17) is 0 Å². The van der Waals surface area contributed by atoms with Gasteiger partial charge < -0.3 is 4.74 Å². The molecule has 0 N–H and O–H groups in total. The molecule has 2 nitrogen and oxygen atoms in total. The minimum atomic E-state index is -0.289. The molecule has 1 aromatic rings. The second-order valence-electron chi connectivity index (χ2n) is 3.97. The number of halogens is 1. The summed E-state index contributed by atoms with van der Waals surface area (Å²) in [6.07, 6.45) is 5.88. The third-order valence-electron chi connectivity index (χ3n) is 2.62. The largest absolute Gasteiger partial charge is 0.465 e. The molecule has 0 aliphatic carbocycles. The Morgan fingerprint density at radius 3 is 2.76 bits per heavy atom. The van der Waals surface area contributed by atoms with E-state index in [0.717, 1.165) is 23.7 Å². The van der Waals surface area contributed by atoms with Crippen molar-refractivity contribution in [1.29, 1.82) is 0 Å². The summed E-state index contributed by atoms with van der Waals surface area (Å²) in [5.74, 6) is -0.289. The van der Waals surface area contributed by atoms with Crippen LogP contribution in [0, 0.1) is 6.07 Å². The molecule has 0 aliphatic rings. The van der Waals surface area contributed by atoms with Gasteiger partial charge in [-0.25, -0.2) is 4.79 Å². The van der Waals surface area contributed by atoms with Gasteiger partial charge in [0.25, 0.3) is 0 Å². The predicted octanol–water partition coefficient (Wildman–Crippen LogP) is 3.77. The van der Waals surface area contributed by atoms with Gasteiger partial charge in [0.15, 0.2) is 0 Å². The topological polar surface area (TPSA) is 26.3 Å². The van der Waals surface area contributed by atoms with E-state index in [1.54, 1.807) is 6.07 Å². The SMILES string of the molecule is COC(=O)c1c[c]cc(CCCCCCBr)c1. The van der Waals surface area contributed by atoms with Crippen molar-refractivity contribution in [3.8, 4) is 0 Å². The maximum Gasteiger partial charge on any atom is 0.337 e. The number of benzene rings is 1. The molecular formula is C14H18BrO2. The average molecular weight is 298 g/mol. The standard InChI is InChI=1S/C14H18BrO2/c1-17-14(16)13-9-6-8-12(11-13)7-4-2-3-5-10-15/h8-9,11H,2-5,7,10H2,1H3. The summed E-state index contributed by atoms with van der Waals surface area (Å²) in [5, 5.41) is 1.08. The van der Waals surface area contributed by atoms with Crippen LogP contribution in [0.25, 0.3) is 0 Å². The molecule has 17 heavy (non-hydrogen) atoms. The van der Waals surface area contributed by atoms with Gasteiger partial charge in [-0.3, -0.25) is 0 Å². The number of hydrogen-bond acceptors (Lipinski definition) is 2. The Morgan fingerprint density at radius 1 is 1.29 bits per heavy atom. The fraction of sp³-hybridized carbons (Fsp3) is 0.500. The quantitative estimate of drug-likeness (QED) is 0.435. The monoisotopic (exact) mass is 297 g/mol. The van der Waals surface area contributed by atoms with Crippen molar-refractivity contribution in [2.75, 3.05) is 12.4 Å². The third-order valence-corrected chi connectivity index (χ3v) is 3.18. The highest BCUT2D eigenvalue weighted by molar-refractivity contribution is 9.09. The lowest BCUT2D eigenvalue weighted by molar-refractivity contribution is 0.0600. The highest BCUT2D eigenvalue weighted by atomic mass is 79.9. The van der Waals surface area contributed by atoms with Crippen LogP contribution in [0.2, 0.25) is 0 Å². The number of hydrogen-bond donors (Lipinski definition) is 0. The van der Waals surface area contributed by atoms with Crippen LogP contribution in [0.1, 0.15) is 41.6 Å². The molecule has 3 heteroatoms. The zero-order chi connectivity index (χ0) is 12.5. The van der Waals surface area contributed by atoms with Crippen molar-refractivity contribution in [3.63, 3.8) is 0 Å². The third kappa shape index (κ3) is 5.35. The zero-order valence-electron chi connectivity index (χ0n) is 10.2. The molecule has 0 saturated carbocycles. The van der Waals surface area contributed by atoms with E-state index in [1.165, 1.54) is 26.4 Å². The van der Waals surface area contributed by atoms with E-state index in [2.05, 4.69) is 26.7 Å². The fourth-order valence-corrected chi connectivity index (χ4v) is 2.08. The molecule has 0 spiro atoms. The molecule has 0 atom stereocenters. The van der Waals surface area contributed by atoms with Crippen molar-refractivity contribution < 1.29 is 9.53 Å². The van der Waals surface area contributed by atoms with Gasteiger partial charge in [-0.05, 0) is 43.0 Å². The molecule has 0 aliphatic heterocycles. The van der Waals surface area contributed by atoms with Crippen molar-refractivity contribution in [3.05, 3.63) is 35.4 Å². The van der Waals surface area contributed by atoms with Gasteiger partial charge in [0.05, 0.1) is 12.7 Å². The number of esters is 1. The van der Waals surface area contributed by atoms with Crippen LogP contribution in [-0.4, -0.2) is 18.4 Å². The number of unbranched alkanes of at least 4 members (excludes halogenated alkanes) is 3. The Balaban J connectivity index is 2.40. The first-order chi connectivity index (χ1) is 8.27. The molecule has 0 unspecified atom stereocenters. The maximum absolute atomic E-state index is 11.3. The number of methoxy groups -OCH3 is 1. The van der Waals surface area contributed by atoms with Gasteiger partial charge in [0.2, 0.25) is 0 Å². The number of carbonyl (C=O) groups is 1. The van der Waals surface area contributed by atoms with E-state index in [0.29, 0.717) is 5.56 Å². The summed E-state index contributed by atoms with van der Waals surface area (Å²) in [6, 6.07) is 8.49. The molecule has 0 fully saturated rings. The Hall–Kier alpha value is -0.830. The molecule has 0 aromatic heterocycles. The first-order valence-corrected chi connectivity index (χ1v) is 7.04. The van der Waals surface area contributed by atoms with Gasteiger partial charge in [-0.2, -0.15) is 0 Å². The lowest BCUT2D eigenvalue weighted by Crippen LogP contribution is -2.01. The predicted molar refractivity (Wildman–Crippen MR) is 72.6 cm³/mol. The highest BCUT2D eigenvalue weighted by Gasteiger charge is 2.05. The van der Waals surface area contributed by atoms with Crippen LogP contribution in [0.4, 0.5) is 0 Å². The summed E-state index contributed by atoms with van der Waals surface area (Å²) in [4.78, 5) is 11.3. The number of ether oxygens (including phenoxy) is 1. The van der Waals surface area contributed by atoms with Gasteiger partial charge in [-0.1, -0.05) is 34.8 Å². The van der Waals surface area contributed by atoms with Crippen LogP contribution in [0.5, 0.6) is 0 Å². The zero-order valence-corrected chi connectivity index (χ0v) is 11.8. The molecule has 0 heterocycles. The fourth-order valence-electron chi connectivity index (χ4n) is 1.68. The molecule has 0 amide bonds. The first kappa shape index (κ1) is 14.2. The van der Waals surface area contributed by atoms with Crippen LogP contribution in [-0.2, 0) is 11.2 Å². The Labute approximate surface area is 111 Å². The van der Waals surface area contributed by atoms with Crippen molar-refractivity contribution in [2.24, 2.45) is 0 Å². The Morgan fingerprint density at radius 2 is 2.06 bits per heavy atom. The van der Waals surface area contributed by atoms with Crippen LogP contribution in [0.15, 0.2) is 18.2 Å². The summed E-state index contributed by atoms with van der Waals surface area (Å²) < 4.78 is 4.68. The van der Waals surface area contributed by atoms with Crippen LogP contribution < -0.4 is 0 Å². The average Bonchev–Trinajstić information content (AvgIpc) is 2.38. The van der Waals surface area contributed by atoms with Crippen LogP contribution in [0.3, 0.4) is 0 Å².